The molecule has 3 rings (SSSR count). The summed E-state index contributed by atoms with van der Waals surface area (Å²) in [4.78, 5) is 23.9. The molecule has 1 aliphatic carbocycles. The SMILES string of the molecule is O=C(Nc1cccc(C2SCCCS2)c1)[C@H]1CC=CC[C@H]1C(=O)O. The van der Waals surface area contributed by atoms with Crippen LogP contribution in [0.3, 0.4) is 0 Å². The summed E-state index contributed by atoms with van der Waals surface area (Å²) in [5.74, 6) is 0.0969. The molecule has 2 atom stereocenters. The molecular formula is C18H21NO3S2. The molecule has 1 amide bonds. The minimum Gasteiger partial charge on any atom is -0.481 e. The smallest absolute Gasteiger partial charge is 0.307 e. The maximum Gasteiger partial charge on any atom is 0.307 e. The molecule has 1 heterocycles. The molecule has 0 bridgehead atoms. The van der Waals surface area contributed by atoms with E-state index in [9.17, 15) is 14.7 Å². The molecule has 2 N–H and O–H groups in total. The fraction of sp³-hybridized carbons (Fsp3) is 0.444. The highest BCUT2D eigenvalue weighted by molar-refractivity contribution is 8.16. The second-order valence-corrected chi connectivity index (χ2v) is 8.76. The van der Waals surface area contributed by atoms with Gasteiger partial charge in [0.25, 0.3) is 0 Å². The number of hydrogen-bond donors (Lipinski definition) is 2. The summed E-state index contributed by atoms with van der Waals surface area (Å²) in [6, 6.07) is 7.93. The molecule has 2 aliphatic rings. The van der Waals surface area contributed by atoms with Crippen molar-refractivity contribution in [2.45, 2.75) is 23.8 Å². The lowest BCUT2D eigenvalue weighted by Crippen LogP contribution is -2.34. The molecule has 6 heteroatoms. The van der Waals surface area contributed by atoms with E-state index in [1.165, 1.54) is 23.5 Å². The number of hydrogen-bond acceptors (Lipinski definition) is 4. The zero-order valence-corrected chi connectivity index (χ0v) is 14.9. The highest BCUT2D eigenvalue weighted by Crippen LogP contribution is 2.44. The Labute approximate surface area is 150 Å². The van der Waals surface area contributed by atoms with Gasteiger partial charge in [0.05, 0.1) is 16.4 Å². The topological polar surface area (TPSA) is 66.4 Å². The zero-order valence-electron chi connectivity index (χ0n) is 13.3. The molecule has 24 heavy (non-hydrogen) atoms. The van der Waals surface area contributed by atoms with Crippen molar-refractivity contribution in [1.29, 1.82) is 0 Å². The van der Waals surface area contributed by atoms with Crippen molar-refractivity contribution in [3.05, 3.63) is 42.0 Å². The Bertz CT molecular complexity index is 641. The second kappa shape index (κ2) is 8.12. The van der Waals surface area contributed by atoms with Gasteiger partial charge in [0.2, 0.25) is 5.91 Å². The van der Waals surface area contributed by atoms with Crippen molar-refractivity contribution in [2.24, 2.45) is 11.8 Å². The predicted molar refractivity (Wildman–Crippen MR) is 100 cm³/mol. The van der Waals surface area contributed by atoms with Crippen LogP contribution >= 0.6 is 23.5 Å². The largest absolute Gasteiger partial charge is 0.481 e. The van der Waals surface area contributed by atoms with Gasteiger partial charge in [-0.05, 0) is 48.5 Å². The van der Waals surface area contributed by atoms with Crippen molar-refractivity contribution >= 4 is 41.1 Å². The lowest BCUT2D eigenvalue weighted by atomic mass is 9.82. The summed E-state index contributed by atoms with van der Waals surface area (Å²) in [6.07, 6.45) is 5.89. The average molecular weight is 364 g/mol. The molecule has 1 saturated heterocycles. The van der Waals surface area contributed by atoms with Crippen LogP contribution in [-0.2, 0) is 9.59 Å². The number of thioether (sulfide) groups is 2. The zero-order chi connectivity index (χ0) is 16.9. The highest BCUT2D eigenvalue weighted by atomic mass is 32.2. The van der Waals surface area contributed by atoms with Gasteiger partial charge in [-0.25, -0.2) is 0 Å². The van der Waals surface area contributed by atoms with Crippen molar-refractivity contribution < 1.29 is 14.7 Å². The number of allylic oxidation sites excluding steroid dienone is 2. The van der Waals surface area contributed by atoms with E-state index in [0.717, 1.165) is 5.69 Å². The van der Waals surface area contributed by atoms with Crippen molar-refractivity contribution in [1.82, 2.24) is 0 Å². The number of carboxylic acid groups (broad SMARTS) is 1. The first-order chi connectivity index (χ1) is 11.6. The maximum atomic E-state index is 12.6. The monoisotopic (exact) mass is 363 g/mol. The quantitative estimate of drug-likeness (QED) is 0.786. The number of nitrogens with one attached hydrogen (secondary N) is 1. The summed E-state index contributed by atoms with van der Waals surface area (Å²) in [5, 5.41) is 12.2. The Kier molecular flexibility index (Phi) is 5.89. The average Bonchev–Trinajstić information content (AvgIpc) is 2.62. The third-order valence-corrected chi connectivity index (χ3v) is 7.35. The van der Waals surface area contributed by atoms with Gasteiger partial charge in [0.1, 0.15) is 0 Å². The number of aliphatic carboxylic acids is 1. The molecule has 0 unspecified atom stereocenters. The van der Waals surface area contributed by atoms with E-state index >= 15 is 0 Å². The second-order valence-electron chi connectivity index (χ2n) is 6.04. The number of rotatable bonds is 4. The molecule has 1 aromatic carbocycles. The van der Waals surface area contributed by atoms with Gasteiger partial charge < -0.3 is 10.4 Å². The molecule has 0 spiro atoms. The summed E-state index contributed by atoms with van der Waals surface area (Å²) >= 11 is 3.88. The maximum absolute atomic E-state index is 12.6. The number of carbonyl (C=O) groups is 2. The fourth-order valence-corrected chi connectivity index (χ4v) is 5.93. The number of carbonyl (C=O) groups excluding carboxylic acids is 1. The van der Waals surface area contributed by atoms with Crippen LogP contribution in [0, 0.1) is 11.8 Å². The van der Waals surface area contributed by atoms with E-state index in [1.54, 1.807) is 0 Å². The van der Waals surface area contributed by atoms with E-state index in [1.807, 2.05) is 53.9 Å². The Morgan fingerprint density at radius 3 is 2.50 bits per heavy atom. The lowest BCUT2D eigenvalue weighted by molar-refractivity contribution is -0.146. The van der Waals surface area contributed by atoms with Gasteiger partial charge in [-0.3, -0.25) is 9.59 Å². The van der Waals surface area contributed by atoms with E-state index in [0.29, 0.717) is 17.4 Å². The van der Waals surface area contributed by atoms with Gasteiger partial charge in [0, 0.05) is 5.69 Å². The van der Waals surface area contributed by atoms with Gasteiger partial charge in [-0.15, -0.1) is 23.5 Å². The van der Waals surface area contributed by atoms with Crippen molar-refractivity contribution in [3.8, 4) is 0 Å². The van der Waals surface area contributed by atoms with Crippen LogP contribution < -0.4 is 5.32 Å². The Morgan fingerprint density at radius 1 is 1.08 bits per heavy atom. The Hall–Kier alpha value is -1.40. The fourth-order valence-electron chi connectivity index (χ4n) is 3.06. The van der Waals surface area contributed by atoms with Crippen LogP contribution in [0.5, 0.6) is 0 Å². The first-order valence-corrected chi connectivity index (χ1v) is 10.3. The first kappa shape index (κ1) is 17.4. The van der Waals surface area contributed by atoms with Crippen molar-refractivity contribution in [3.63, 3.8) is 0 Å². The van der Waals surface area contributed by atoms with Crippen LogP contribution in [-0.4, -0.2) is 28.5 Å². The van der Waals surface area contributed by atoms with Crippen molar-refractivity contribution in [2.75, 3.05) is 16.8 Å². The summed E-state index contributed by atoms with van der Waals surface area (Å²) in [6.45, 7) is 0. The van der Waals surface area contributed by atoms with Crippen LogP contribution in [0.25, 0.3) is 0 Å². The predicted octanol–water partition coefficient (Wildman–Crippen LogP) is 4.16. The molecule has 128 valence electrons. The third kappa shape index (κ3) is 4.16. The molecule has 0 aromatic heterocycles. The molecular weight excluding hydrogens is 342 g/mol. The van der Waals surface area contributed by atoms with Crippen LogP contribution in [0.15, 0.2) is 36.4 Å². The molecule has 1 aromatic rings. The highest BCUT2D eigenvalue weighted by Gasteiger charge is 2.34. The number of anilines is 1. The minimum absolute atomic E-state index is 0.201. The van der Waals surface area contributed by atoms with Crippen LogP contribution in [0.1, 0.15) is 29.4 Å². The standard InChI is InChI=1S/C18H21NO3S2/c20-16(14-7-1-2-8-15(14)17(21)22)19-13-6-3-5-12(11-13)18-23-9-4-10-24-18/h1-3,5-6,11,14-15,18H,4,7-10H2,(H,19,20)(H,21,22)/t14-,15+/m0/s1. The summed E-state index contributed by atoms with van der Waals surface area (Å²) < 4.78 is 0.417. The molecule has 4 nitrogen and oxygen atoms in total. The molecule has 1 aliphatic heterocycles. The van der Waals surface area contributed by atoms with Crippen LogP contribution in [0.2, 0.25) is 0 Å². The summed E-state index contributed by atoms with van der Waals surface area (Å²) in [5.41, 5.74) is 1.96. The van der Waals surface area contributed by atoms with Gasteiger partial charge in [-0.1, -0.05) is 24.3 Å². The normalized spacial score (nSPS) is 24.5. The van der Waals surface area contributed by atoms with E-state index in [2.05, 4.69) is 11.4 Å². The first-order valence-electron chi connectivity index (χ1n) is 8.17. The van der Waals surface area contributed by atoms with Gasteiger partial charge >= 0.3 is 5.97 Å². The van der Waals surface area contributed by atoms with Crippen LogP contribution in [0.4, 0.5) is 5.69 Å². The molecule has 0 saturated carbocycles. The molecule has 0 radical (unpaired) electrons. The third-order valence-electron chi connectivity index (χ3n) is 4.34. The molecule has 1 fully saturated rings. The Balaban J connectivity index is 1.69. The van der Waals surface area contributed by atoms with E-state index in [-0.39, 0.29) is 5.91 Å². The van der Waals surface area contributed by atoms with Gasteiger partial charge in [-0.2, -0.15) is 0 Å². The Morgan fingerprint density at radius 2 is 1.79 bits per heavy atom. The van der Waals surface area contributed by atoms with E-state index < -0.39 is 17.8 Å². The number of amides is 1. The number of carboxylic acids is 1. The minimum atomic E-state index is -0.900. The van der Waals surface area contributed by atoms with E-state index in [4.69, 9.17) is 0 Å². The van der Waals surface area contributed by atoms with Gasteiger partial charge in [0.15, 0.2) is 0 Å². The lowest BCUT2D eigenvalue weighted by Gasteiger charge is -2.25. The number of benzene rings is 1. The summed E-state index contributed by atoms with van der Waals surface area (Å²) in [7, 11) is 0.